The number of likely N-dealkylation sites (tertiary alicyclic amines) is 1. The number of fused-ring (bicyclic) bond motifs is 2. The summed E-state index contributed by atoms with van der Waals surface area (Å²) in [5.41, 5.74) is 0.841. The van der Waals surface area contributed by atoms with Crippen LogP contribution in [0.2, 0.25) is 0 Å². The van der Waals surface area contributed by atoms with Crippen molar-refractivity contribution >= 4 is 44.3 Å². The standard InChI is InChI=1S/C21H22N2O4S/c1-3-27-21(25)14-5-4-8-23(12-14)20(24)18-10-15-9-13-6-7-16(26-2)11-17(13)22-19(15)28-18/h6-7,9-11,14H,3-5,8,12H2,1-2H3. The molecule has 3 aromatic rings. The lowest BCUT2D eigenvalue weighted by molar-refractivity contribution is -0.149. The molecule has 28 heavy (non-hydrogen) atoms. The average molecular weight is 398 g/mol. The van der Waals surface area contributed by atoms with E-state index in [0.717, 1.165) is 39.7 Å². The second-order valence-electron chi connectivity index (χ2n) is 6.89. The van der Waals surface area contributed by atoms with Crippen LogP contribution in [-0.2, 0) is 9.53 Å². The van der Waals surface area contributed by atoms with Gasteiger partial charge in [-0.2, -0.15) is 0 Å². The summed E-state index contributed by atoms with van der Waals surface area (Å²) in [4.78, 5) is 33.0. The molecule has 6 nitrogen and oxygen atoms in total. The van der Waals surface area contributed by atoms with Gasteiger partial charge in [0.05, 0.1) is 30.0 Å². The van der Waals surface area contributed by atoms with Crippen LogP contribution >= 0.6 is 11.3 Å². The molecule has 2 aromatic heterocycles. The Bertz CT molecular complexity index is 1050. The van der Waals surface area contributed by atoms with E-state index >= 15 is 0 Å². The number of methoxy groups -OCH3 is 1. The van der Waals surface area contributed by atoms with Gasteiger partial charge in [-0.25, -0.2) is 4.98 Å². The van der Waals surface area contributed by atoms with Crippen molar-refractivity contribution in [3.05, 3.63) is 35.2 Å². The predicted molar refractivity (Wildman–Crippen MR) is 109 cm³/mol. The fraction of sp³-hybridized carbons (Fsp3) is 0.381. The quantitative estimate of drug-likeness (QED) is 0.624. The number of ether oxygens (including phenoxy) is 2. The summed E-state index contributed by atoms with van der Waals surface area (Å²) in [6.45, 7) is 3.24. The van der Waals surface area contributed by atoms with Crippen LogP contribution in [0.3, 0.4) is 0 Å². The first-order chi connectivity index (χ1) is 13.6. The predicted octanol–water partition coefficient (Wildman–Crippen LogP) is 3.87. The second kappa shape index (κ2) is 7.75. The van der Waals surface area contributed by atoms with Gasteiger partial charge in [0, 0.05) is 29.9 Å². The molecule has 1 aliphatic rings. The molecule has 0 aliphatic carbocycles. The van der Waals surface area contributed by atoms with Gasteiger partial charge in [0.25, 0.3) is 5.91 Å². The van der Waals surface area contributed by atoms with Crippen LogP contribution < -0.4 is 4.74 Å². The molecule has 0 bridgehead atoms. The molecular formula is C21H22N2O4S. The third-order valence-electron chi connectivity index (χ3n) is 5.05. The van der Waals surface area contributed by atoms with Crippen molar-refractivity contribution in [3.8, 4) is 5.75 Å². The maximum atomic E-state index is 13.0. The molecule has 1 aromatic carbocycles. The number of thiophene rings is 1. The first kappa shape index (κ1) is 18.7. The van der Waals surface area contributed by atoms with Crippen LogP contribution in [0.25, 0.3) is 21.1 Å². The van der Waals surface area contributed by atoms with Crippen molar-refractivity contribution in [2.75, 3.05) is 26.8 Å². The second-order valence-corrected chi connectivity index (χ2v) is 7.93. The van der Waals surface area contributed by atoms with Crippen LogP contribution in [0, 0.1) is 5.92 Å². The minimum Gasteiger partial charge on any atom is -0.497 e. The Kier molecular flexibility index (Phi) is 5.17. The van der Waals surface area contributed by atoms with E-state index in [0.29, 0.717) is 24.6 Å². The van der Waals surface area contributed by atoms with Crippen molar-refractivity contribution in [3.63, 3.8) is 0 Å². The van der Waals surface area contributed by atoms with Gasteiger partial charge in [0.15, 0.2) is 0 Å². The molecular weight excluding hydrogens is 376 g/mol. The molecule has 4 rings (SSSR count). The van der Waals surface area contributed by atoms with Gasteiger partial charge in [-0.1, -0.05) is 0 Å². The third kappa shape index (κ3) is 3.54. The fourth-order valence-corrected chi connectivity index (χ4v) is 4.60. The minimum absolute atomic E-state index is 0.0429. The Balaban J connectivity index is 1.60. The third-order valence-corrected chi connectivity index (χ3v) is 6.08. The lowest BCUT2D eigenvalue weighted by Gasteiger charge is -2.31. The van der Waals surface area contributed by atoms with E-state index in [2.05, 4.69) is 0 Å². The average Bonchev–Trinajstić information content (AvgIpc) is 3.14. The highest BCUT2D eigenvalue weighted by Crippen LogP contribution is 2.30. The highest BCUT2D eigenvalue weighted by atomic mass is 32.1. The van der Waals surface area contributed by atoms with Gasteiger partial charge >= 0.3 is 5.97 Å². The van der Waals surface area contributed by atoms with Crippen LogP contribution in [0.4, 0.5) is 0 Å². The van der Waals surface area contributed by atoms with Gasteiger partial charge in [0.2, 0.25) is 0 Å². The van der Waals surface area contributed by atoms with Crippen LogP contribution in [-0.4, -0.2) is 48.6 Å². The normalized spacial score (nSPS) is 17.1. The zero-order valence-electron chi connectivity index (χ0n) is 15.9. The van der Waals surface area contributed by atoms with Crippen molar-refractivity contribution in [2.24, 2.45) is 5.92 Å². The summed E-state index contributed by atoms with van der Waals surface area (Å²) in [6, 6.07) is 9.70. The van der Waals surface area contributed by atoms with Gasteiger partial charge in [-0.15, -0.1) is 11.3 Å². The smallest absolute Gasteiger partial charge is 0.310 e. The molecule has 7 heteroatoms. The number of carbonyl (C=O) groups excluding carboxylic acids is 2. The number of carbonyl (C=O) groups is 2. The summed E-state index contributed by atoms with van der Waals surface area (Å²) in [6.07, 6.45) is 1.58. The molecule has 1 fully saturated rings. The molecule has 1 aliphatic heterocycles. The molecule has 0 radical (unpaired) electrons. The van der Waals surface area contributed by atoms with E-state index in [9.17, 15) is 9.59 Å². The maximum Gasteiger partial charge on any atom is 0.310 e. The van der Waals surface area contributed by atoms with Gasteiger partial charge in [-0.05, 0) is 44.0 Å². The highest BCUT2D eigenvalue weighted by Gasteiger charge is 2.30. The van der Waals surface area contributed by atoms with Crippen LogP contribution in [0.15, 0.2) is 30.3 Å². The topological polar surface area (TPSA) is 68.7 Å². The first-order valence-electron chi connectivity index (χ1n) is 9.43. The number of amides is 1. The maximum absolute atomic E-state index is 13.0. The first-order valence-corrected chi connectivity index (χ1v) is 10.2. The number of esters is 1. The highest BCUT2D eigenvalue weighted by molar-refractivity contribution is 7.20. The number of nitrogens with zero attached hydrogens (tertiary/aromatic N) is 2. The van der Waals surface area contributed by atoms with Gasteiger partial charge in [-0.3, -0.25) is 9.59 Å². The van der Waals surface area contributed by atoms with Crippen molar-refractivity contribution < 1.29 is 19.1 Å². The Labute approximate surface area is 167 Å². The number of pyridine rings is 1. The van der Waals surface area contributed by atoms with Crippen LogP contribution in [0.1, 0.15) is 29.4 Å². The number of rotatable bonds is 4. The summed E-state index contributed by atoms with van der Waals surface area (Å²) in [5.74, 6) is 0.266. The largest absolute Gasteiger partial charge is 0.497 e. The molecule has 0 N–H and O–H groups in total. The Morgan fingerprint density at radius 3 is 2.89 bits per heavy atom. The molecule has 3 heterocycles. The van der Waals surface area contributed by atoms with Crippen molar-refractivity contribution in [1.82, 2.24) is 9.88 Å². The zero-order chi connectivity index (χ0) is 19.7. The van der Waals surface area contributed by atoms with E-state index in [1.165, 1.54) is 11.3 Å². The van der Waals surface area contributed by atoms with Crippen molar-refractivity contribution in [1.29, 1.82) is 0 Å². The molecule has 0 spiro atoms. The summed E-state index contributed by atoms with van der Waals surface area (Å²) >= 11 is 1.39. The molecule has 1 unspecified atom stereocenters. The van der Waals surface area contributed by atoms with E-state index in [4.69, 9.17) is 14.5 Å². The number of piperidine rings is 1. The van der Waals surface area contributed by atoms with E-state index in [1.807, 2.05) is 30.3 Å². The number of hydrogen-bond donors (Lipinski definition) is 0. The Morgan fingerprint density at radius 2 is 2.11 bits per heavy atom. The summed E-state index contributed by atoms with van der Waals surface area (Å²) in [5, 5.41) is 1.95. The van der Waals surface area contributed by atoms with E-state index in [-0.39, 0.29) is 17.8 Å². The Morgan fingerprint density at radius 1 is 1.25 bits per heavy atom. The van der Waals surface area contributed by atoms with E-state index in [1.54, 1.807) is 18.9 Å². The fourth-order valence-electron chi connectivity index (χ4n) is 3.61. The minimum atomic E-state index is -0.236. The lowest BCUT2D eigenvalue weighted by Crippen LogP contribution is -2.42. The molecule has 1 saturated heterocycles. The van der Waals surface area contributed by atoms with Crippen LogP contribution in [0.5, 0.6) is 5.75 Å². The monoisotopic (exact) mass is 398 g/mol. The molecule has 146 valence electrons. The molecule has 0 saturated carbocycles. The molecule has 1 amide bonds. The number of aromatic nitrogens is 1. The number of benzene rings is 1. The molecule has 1 atom stereocenters. The number of hydrogen-bond acceptors (Lipinski definition) is 6. The van der Waals surface area contributed by atoms with Crippen molar-refractivity contribution in [2.45, 2.75) is 19.8 Å². The van der Waals surface area contributed by atoms with Gasteiger partial charge in [0.1, 0.15) is 10.6 Å². The SMILES string of the molecule is CCOC(=O)C1CCCN(C(=O)c2cc3cc4ccc(OC)cc4nc3s2)C1. The van der Waals surface area contributed by atoms with Gasteiger partial charge < -0.3 is 14.4 Å². The summed E-state index contributed by atoms with van der Waals surface area (Å²) < 4.78 is 10.4. The zero-order valence-corrected chi connectivity index (χ0v) is 16.8. The lowest BCUT2D eigenvalue weighted by atomic mass is 9.98. The Hall–Kier alpha value is -2.67. The summed E-state index contributed by atoms with van der Waals surface area (Å²) in [7, 11) is 1.63. The van der Waals surface area contributed by atoms with E-state index < -0.39 is 0 Å².